The fourth-order valence-corrected chi connectivity index (χ4v) is 3.22. The van der Waals surface area contributed by atoms with Gasteiger partial charge < -0.3 is 10.3 Å². The van der Waals surface area contributed by atoms with Gasteiger partial charge in [0.15, 0.2) is 5.16 Å². The molecule has 1 atom stereocenters. The second kappa shape index (κ2) is 8.35. The molecule has 2 heterocycles. The Morgan fingerprint density at radius 2 is 2.00 bits per heavy atom. The summed E-state index contributed by atoms with van der Waals surface area (Å²) in [6.07, 6.45) is 7.84. The van der Waals surface area contributed by atoms with E-state index in [2.05, 4.69) is 25.3 Å². The first-order valence-corrected chi connectivity index (χ1v) is 10.4. The van der Waals surface area contributed by atoms with E-state index in [4.69, 9.17) is 0 Å². The molecule has 3 rings (SSSR count). The molecule has 0 saturated carbocycles. The van der Waals surface area contributed by atoms with Crippen LogP contribution >= 0.6 is 23.5 Å². The number of fused-ring (bicyclic) bond motifs is 1. The van der Waals surface area contributed by atoms with Gasteiger partial charge in [0.2, 0.25) is 0 Å². The van der Waals surface area contributed by atoms with Crippen molar-refractivity contribution in [2.24, 2.45) is 0 Å². The molecule has 3 aromatic rings. The number of imidazole rings is 1. The van der Waals surface area contributed by atoms with E-state index < -0.39 is 0 Å². The Balaban J connectivity index is 1.80. The van der Waals surface area contributed by atoms with Gasteiger partial charge in [0.25, 0.3) is 5.91 Å². The number of thioether (sulfide) groups is 2. The molecule has 1 aromatic carbocycles. The van der Waals surface area contributed by atoms with Crippen LogP contribution in [-0.4, -0.2) is 44.1 Å². The highest BCUT2D eigenvalue weighted by atomic mass is 32.2. The molecular formula is C17H19N5OS2. The van der Waals surface area contributed by atoms with Crippen molar-refractivity contribution >= 4 is 40.5 Å². The smallest absolute Gasteiger partial charge is 0.255 e. The van der Waals surface area contributed by atoms with Gasteiger partial charge in [0.05, 0.1) is 22.6 Å². The molecule has 8 heteroatoms. The Morgan fingerprint density at radius 1 is 1.24 bits per heavy atom. The number of rotatable bonds is 7. The van der Waals surface area contributed by atoms with Crippen molar-refractivity contribution in [2.45, 2.75) is 17.6 Å². The van der Waals surface area contributed by atoms with E-state index in [1.54, 1.807) is 24.2 Å². The van der Waals surface area contributed by atoms with Gasteiger partial charge in [0.1, 0.15) is 5.82 Å². The number of nitrogens with zero attached hydrogens (tertiary/aromatic N) is 3. The third-order valence-corrected chi connectivity index (χ3v) is 4.95. The minimum atomic E-state index is -0.195. The first-order chi connectivity index (χ1) is 12.2. The van der Waals surface area contributed by atoms with Gasteiger partial charge in [-0.15, -0.1) is 0 Å². The lowest BCUT2D eigenvalue weighted by molar-refractivity contribution is 0.0933. The Kier molecular flexibility index (Phi) is 5.93. The summed E-state index contributed by atoms with van der Waals surface area (Å²) in [4.78, 5) is 28.8. The standard InChI is InChI=1S/C17H19N5OS2/c1-24-8-7-14(15-20-12-5-3-4-6-13(12)21-15)22-16(23)11-9-18-17(25-2)19-10-11/h3-6,9-10,14H,7-8H2,1-2H3,(H,20,21)(H,22,23). The average Bonchev–Trinajstić information content (AvgIpc) is 3.09. The van der Waals surface area contributed by atoms with E-state index in [0.717, 1.165) is 29.0 Å². The van der Waals surface area contributed by atoms with Gasteiger partial charge in [-0.1, -0.05) is 23.9 Å². The number of carbonyl (C=O) groups excluding carboxylic acids is 1. The number of H-pyrrole nitrogens is 1. The summed E-state index contributed by atoms with van der Waals surface area (Å²) in [7, 11) is 0. The van der Waals surface area contributed by atoms with Crippen molar-refractivity contribution in [1.82, 2.24) is 25.3 Å². The van der Waals surface area contributed by atoms with Crippen LogP contribution in [-0.2, 0) is 0 Å². The molecule has 0 saturated heterocycles. The van der Waals surface area contributed by atoms with Crippen LogP contribution < -0.4 is 5.32 Å². The van der Waals surface area contributed by atoms with Gasteiger partial charge >= 0.3 is 0 Å². The largest absolute Gasteiger partial charge is 0.342 e. The Labute approximate surface area is 154 Å². The quantitative estimate of drug-likeness (QED) is 0.488. The maximum absolute atomic E-state index is 12.6. The third kappa shape index (κ3) is 4.32. The van der Waals surface area contributed by atoms with Crippen LogP contribution in [0.5, 0.6) is 0 Å². The molecular weight excluding hydrogens is 354 g/mol. The summed E-state index contributed by atoms with van der Waals surface area (Å²) in [5.74, 6) is 1.49. The predicted molar refractivity (Wildman–Crippen MR) is 103 cm³/mol. The number of hydrogen-bond acceptors (Lipinski definition) is 6. The van der Waals surface area contributed by atoms with E-state index in [9.17, 15) is 4.79 Å². The van der Waals surface area contributed by atoms with Crippen molar-refractivity contribution in [3.8, 4) is 0 Å². The number of aromatic amines is 1. The number of carbonyl (C=O) groups is 1. The summed E-state index contributed by atoms with van der Waals surface area (Å²) in [5, 5.41) is 3.70. The van der Waals surface area contributed by atoms with Gasteiger partial charge in [0, 0.05) is 12.4 Å². The van der Waals surface area contributed by atoms with Crippen molar-refractivity contribution in [3.05, 3.63) is 48.0 Å². The highest BCUT2D eigenvalue weighted by Crippen LogP contribution is 2.20. The zero-order valence-electron chi connectivity index (χ0n) is 14.0. The molecule has 1 unspecified atom stereocenters. The molecule has 0 bridgehead atoms. The summed E-state index contributed by atoms with van der Waals surface area (Å²) >= 11 is 3.18. The maximum Gasteiger partial charge on any atom is 0.255 e. The zero-order chi connectivity index (χ0) is 17.6. The number of amides is 1. The average molecular weight is 374 g/mol. The van der Waals surface area contributed by atoms with Crippen LogP contribution in [0.4, 0.5) is 0 Å². The van der Waals surface area contributed by atoms with E-state index >= 15 is 0 Å². The molecule has 0 aliphatic rings. The molecule has 130 valence electrons. The molecule has 0 spiro atoms. The van der Waals surface area contributed by atoms with Gasteiger partial charge in [-0.25, -0.2) is 15.0 Å². The molecule has 0 fully saturated rings. The number of hydrogen-bond donors (Lipinski definition) is 2. The number of para-hydroxylation sites is 2. The summed E-state index contributed by atoms with van der Waals surface area (Å²) in [6.45, 7) is 0. The molecule has 6 nitrogen and oxygen atoms in total. The first-order valence-electron chi connectivity index (χ1n) is 7.81. The van der Waals surface area contributed by atoms with E-state index in [1.807, 2.05) is 36.8 Å². The SMILES string of the molecule is CSCCC(NC(=O)c1cnc(SC)nc1)c1nc2ccccc2[nH]1. The fraction of sp³-hybridized carbons (Fsp3) is 0.294. The summed E-state index contributed by atoms with van der Waals surface area (Å²) in [6, 6.07) is 7.66. The summed E-state index contributed by atoms with van der Waals surface area (Å²) < 4.78 is 0. The van der Waals surface area contributed by atoms with Crippen LogP contribution in [0.2, 0.25) is 0 Å². The van der Waals surface area contributed by atoms with Gasteiger partial charge in [-0.3, -0.25) is 4.79 Å². The molecule has 25 heavy (non-hydrogen) atoms. The van der Waals surface area contributed by atoms with Crippen molar-refractivity contribution < 1.29 is 4.79 Å². The van der Waals surface area contributed by atoms with Gasteiger partial charge in [-0.05, 0) is 36.8 Å². The molecule has 2 N–H and O–H groups in total. The van der Waals surface area contributed by atoms with Crippen LogP contribution in [0.1, 0.15) is 28.6 Å². The Bertz CT molecular complexity index is 817. The first kappa shape index (κ1) is 17.8. The summed E-state index contributed by atoms with van der Waals surface area (Å²) in [5.41, 5.74) is 2.31. The lowest BCUT2D eigenvalue weighted by atomic mass is 10.2. The Morgan fingerprint density at radius 3 is 2.68 bits per heavy atom. The minimum Gasteiger partial charge on any atom is -0.342 e. The second-order valence-corrected chi connectivity index (χ2v) is 7.16. The van der Waals surface area contributed by atoms with Gasteiger partial charge in [-0.2, -0.15) is 11.8 Å². The van der Waals surface area contributed by atoms with Crippen LogP contribution in [0.15, 0.2) is 41.8 Å². The minimum absolute atomic E-state index is 0.187. The molecule has 0 radical (unpaired) electrons. The molecule has 0 aliphatic heterocycles. The number of benzene rings is 1. The van der Waals surface area contributed by atoms with Crippen molar-refractivity contribution in [1.29, 1.82) is 0 Å². The third-order valence-electron chi connectivity index (χ3n) is 3.73. The van der Waals surface area contributed by atoms with E-state index in [-0.39, 0.29) is 11.9 Å². The van der Waals surface area contributed by atoms with Crippen LogP contribution in [0.3, 0.4) is 0 Å². The topological polar surface area (TPSA) is 83.6 Å². The predicted octanol–water partition coefficient (Wildman–Crippen LogP) is 3.30. The van der Waals surface area contributed by atoms with E-state index in [1.165, 1.54) is 11.8 Å². The second-order valence-electron chi connectivity index (χ2n) is 5.41. The molecule has 1 amide bonds. The highest BCUT2D eigenvalue weighted by Gasteiger charge is 2.19. The molecule has 0 aliphatic carbocycles. The van der Waals surface area contributed by atoms with E-state index in [0.29, 0.717) is 10.7 Å². The van der Waals surface area contributed by atoms with Crippen molar-refractivity contribution in [2.75, 3.05) is 18.3 Å². The zero-order valence-corrected chi connectivity index (χ0v) is 15.7. The monoisotopic (exact) mass is 373 g/mol. The maximum atomic E-state index is 12.6. The van der Waals surface area contributed by atoms with Crippen LogP contribution in [0.25, 0.3) is 11.0 Å². The number of aromatic nitrogens is 4. The Hall–Kier alpha value is -2.06. The lowest BCUT2D eigenvalue weighted by Crippen LogP contribution is -2.30. The fourth-order valence-electron chi connectivity index (χ4n) is 2.43. The van der Waals surface area contributed by atoms with Crippen LogP contribution in [0, 0.1) is 0 Å². The lowest BCUT2D eigenvalue weighted by Gasteiger charge is -2.16. The van der Waals surface area contributed by atoms with Crippen molar-refractivity contribution in [3.63, 3.8) is 0 Å². The normalized spacial score (nSPS) is 12.2. The highest BCUT2D eigenvalue weighted by molar-refractivity contribution is 7.98. The number of nitrogens with one attached hydrogen (secondary N) is 2. The molecule has 2 aromatic heterocycles.